The molecule has 0 heterocycles. The van der Waals surface area contributed by atoms with Crippen molar-refractivity contribution in [3.8, 4) is 0 Å². The van der Waals surface area contributed by atoms with Crippen LogP contribution in [0.25, 0.3) is 0 Å². The van der Waals surface area contributed by atoms with Crippen LogP contribution in [0.2, 0.25) is 5.02 Å². The first kappa shape index (κ1) is 14.4. The first-order valence-electron chi connectivity index (χ1n) is 5.65. The Labute approximate surface area is 106 Å². The maximum Gasteiger partial charge on any atom is 0.160 e. The molecule has 1 N–H and O–H groups in total. The number of nitrogens with one attached hydrogen (secondary N) is 1. The summed E-state index contributed by atoms with van der Waals surface area (Å²) in [6.07, 6.45) is 0. The highest BCUT2D eigenvalue weighted by molar-refractivity contribution is 6.31. The average molecular weight is 262 g/mol. The maximum atomic E-state index is 13.3. The van der Waals surface area contributed by atoms with Gasteiger partial charge in [-0.25, -0.2) is 8.78 Å². The molecular formula is C13H18ClF2N. The SMILES string of the molecule is CCNC(c1cc(F)c(F)cc1Cl)C(C)(C)C. The van der Waals surface area contributed by atoms with E-state index in [4.69, 9.17) is 11.6 Å². The van der Waals surface area contributed by atoms with Crippen LogP contribution in [0.15, 0.2) is 12.1 Å². The van der Waals surface area contributed by atoms with Crippen molar-refractivity contribution in [2.75, 3.05) is 6.54 Å². The third-order valence-electron chi connectivity index (χ3n) is 2.62. The molecule has 1 nitrogen and oxygen atoms in total. The predicted octanol–water partition coefficient (Wildman–Crippen LogP) is 4.31. The highest BCUT2D eigenvalue weighted by atomic mass is 35.5. The number of hydrogen-bond donors (Lipinski definition) is 1. The zero-order valence-electron chi connectivity index (χ0n) is 10.6. The van der Waals surface area contributed by atoms with Crippen LogP contribution < -0.4 is 5.32 Å². The molecule has 0 aromatic heterocycles. The van der Waals surface area contributed by atoms with E-state index in [0.717, 1.165) is 12.6 Å². The van der Waals surface area contributed by atoms with Crippen molar-refractivity contribution < 1.29 is 8.78 Å². The van der Waals surface area contributed by atoms with Gasteiger partial charge in [0, 0.05) is 11.1 Å². The van der Waals surface area contributed by atoms with Gasteiger partial charge >= 0.3 is 0 Å². The third kappa shape index (κ3) is 3.39. The molecule has 0 saturated carbocycles. The predicted molar refractivity (Wildman–Crippen MR) is 67.2 cm³/mol. The molecule has 4 heteroatoms. The van der Waals surface area contributed by atoms with Crippen LogP contribution in [0.4, 0.5) is 8.78 Å². The van der Waals surface area contributed by atoms with E-state index in [1.54, 1.807) is 0 Å². The highest BCUT2D eigenvalue weighted by Gasteiger charge is 2.28. The molecule has 1 aromatic carbocycles. The van der Waals surface area contributed by atoms with Gasteiger partial charge in [-0.15, -0.1) is 0 Å². The molecule has 1 atom stereocenters. The summed E-state index contributed by atoms with van der Waals surface area (Å²) in [4.78, 5) is 0. The Balaban J connectivity index is 3.23. The van der Waals surface area contributed by atoms with Gasteiger partial charge in [0.05, 0.1) is 0 Å². The smallest absolute Gasteiger partial charge is 0.160 e. The Kier molecular flexibility index (Phi) is 4.50. The van der Waals surface area contributed by atoms with Crippen LogP contribution in [0, 0.1) is 17.0 Å². The lowest BCUT2D eigenvalue weighted by Gasteiger charge is -2.32. The molecule has 0 spiro atoms. The summed E-state index contributed by atoms with van der Waals surface area (Å²) in [5.41, 5.74) is 0.462. The minimum absolute atomic E-state index is 0.116. The van der Waals surface area contributed by atoms with E-state index in [0.29, 0.717) is 5.56 Å². The zero-order valence-corrected chi connectivity index (χ0v) is 11.3. The van der Waals surface area contributed by atoms with Gasteiger partial charge in [0.1, 0.15) is 0 Å². The van der Waals surface area contributed by atoms with Crippen molar-refractivity contribution in [1.29, 1.82) is 0 Å². The van der Waals surface area contributed by atoms with Crippen LogP contribution in [-0.2, 0) is 0 Å². The molecule has 0 amide bonds. The summed E-state index contributed by atoms with van der Waals surface area (Å²) >= 11 is 5.99. The normalized spacial score (nSPS) is 13.8. The minimum Gasteiger partial charge on any atom is -0.310 e. The molecular weight excluding hydrogens is 244 g/mol. The van der Waals surface area contributed by atoms with E-state index in [1.165, 1.54) is 6.07 Å². The summed E-state index contributed by atoms with van der Waals surface area (Å²) < 4.78 is 26.3. The molecule has 0 saturated heterocycles. The first-order valence-corrected chi connectivity index (χ1v) is 6.03. The number of hydrogen-bond acceptors (Lipinski definition) is 1. The van der Waals surface area contributed by atoms with Gasteiger partial charge in [-0.1, -0.05) is 39.3 Å². The topological polar surface area (TPSA) is 12.0 Å². The molecule has 0 radical (unpaired) electrons. The van der Waals surface area contributed by atoms with Crippen molar-refractivity contribution in [3.05, 3.63) is 34.4 Å². The maximum absolute atomic E-state index is 13.3. The van der Waals surface area contributed by atoms with Crippen LogP contribution in [0.3, 0.4) is 0 Å². The van der Waals surface area contributed by atoms with E-state index in [9.17, 15) is 8.78 Å². The lowest BCUT2D eigenvalue weighted by molar-refractivity contribution is 0.276. The second kappa shape index (κ2) is 5.32. The standard InChI is InChI=1S/C13H18ClF2N/c1-5-17-12(13(2,3)4)8-6-10(15)11(16)7-9(8)14/h6-7,12,17H,5H2,1-4H3. The fraction of sp³-hybridized carbons (Fsp3) is 0.538. The summed E-state index contributed by atoms with van der Waals surface area (Å²) in [6, 6.07) is 2.09. The van der Waals surface area contributed by atoms with Gasteiger partial charge in [0.15, 0.2) is 11.6 Å². The monoisotopic (exact) mass is 261 g/mol. The molecule has 0 bridgehead atoms. The van der Waals surface area contributed by atoms with Crippen LogP contribution >= 0.6 is 11.6 Å². The van der Waals surface area contributed by atoms with Gasteiger partial charge in [-0.05, 0) is 29.7 Å². The third-order valence-corrected chi connectivity index (χ3v) is 2.95. The van der Waals surface area contributed by atoms with Crippen molar-refractivity contribution >= 4 is 11.6 Å². The van der Waals surface area contributed by atoms with Crippen molar-refractivity contribution in [2.45, 2.75) is 33.7 Å². The fourth-order valence-electron chi connectivity index (χ4n) is 1.85. The summed E-state index contributed by atoms with van der Waals surface area (Å²) in [5.74, 6) is -1.78. The van der Waals surface area contributed by atoms with Crippen LogP contribution in [0.1, 0.15) is 39.3 Å². The Morgan fingerprint density at radius 3 is 2.24 bits per heavy atom. The summed E-state index contributed by atoms with van der Waals surface area (Å²) in [7, 11) is 0. The van der Waals surface area contributed by atoms with E-state index in [2.05, 4.69) is 5.32 Å². The number of halogens is 3. The Morgan fingerprint density at radius 2 is 1.76 bits per heavy atom. The second-order valence-electron chi connectivity index (χ2n) is 5.14. The average Bonchev–Trinajstić information content (AvgIpc) is 2.19. The largest absolute Gasteiger partial charge is 0.310 e. The van der Waals surface area contributed by atoms with Crippen molar-refractivity contribution in [2.24, 2.45) is 5.41 Å². The van der Waals surface area contributed by atoms with Crippen molar-refractivity contribution in [3.63, 3.8) is 0 Å². The van der Waals surface area contributed by atoms with E-state index in [1.807, 2.05) is 27.7 Å². The van der Waals surface area contributed by atoms with E-state index in [-0.39, 0.29) is 16.5 Å². The van der Waals surface area contributed by atoms with Gasteiger partial charge < -0.3 is 5.32 Å². The van der Waals surface area contributed by atoms with Crippen molar-refractivity contribution in [1.82, 2.24) is 5.32 Å². The van der Waals surface area contributed by atoms with Gasteiger partial charge in [0.25, 0.3) is 0 Å². The second-order valence-corrected chi connectivity index (χ2v) is 5.55. The Bertz CT molecular complexity index is 399. The molecule has 0 aliphatic heterocycles. The Hall–Kier alpha value is -0.670. The molecule has 17 heavy (non-hydrogen) atoms. The van der Waals surface area contributed by atoms with E-state index < -0.39 is 11.6 Å². The molecule has 1 rings (SSSR count). The molecule has 1 unspecified atom stereocenters. The highest BCUT2D eigenvalue weighted by Crippen LogP contribution is 2.37. The number of benzene rings is 1. The molecule has 96 valence electrons. The zero-order chi connectivity index (χ0) is 13.2. The molecule has 0 aliphatic carbocycles. The first-order chi connectivity index (χ1) is 7.77. The van der Waals surface area contributed by atoms with Gasteiger partial charge in [-0.2, -0.15) is 0 Å². The van der Waals surface area contributed by atoms with Crippen LogP contribution in [-0.4, -0.2) is 6.54 Å². The quantitative estimate of drug-likeness (QED) is 0.800. The lowest BCUT2D eigenvalue weighted by atomic mass is 9.82. The van der Waals surface area contributed by atoms with Gasteiger partial charge in [-0.3, -0.25) is 0 Å². The molecule has 1 aromatic rings. The number of rotatable bonds is 3. The minimum atomic E-state index is -0.914. The lowest BCUT2D eigenvalue weighted by Crippen LogP contribution is -2.32. The summed E-state index contributed by atoms with van der Waals surface area (Å²) in [5, 5.41) is 3.51. The Morgan fingerprint density at radius 1 is 1.24 bits per heavy atom. The molecule has 0 fully saturated rings. The van der Waals surface area contributed by atoms with Crippen LogP contribution in [0.5, 0.6) is 0 Å². The molecule has 0 aliphatic rings. The van der Waals surface area contributed by atoms with Gasteiger partial charge in [0.2, 0.25) is 0 Å². The van der Waals surface area contributed by atoms with E-state index >= 15 is 0 Å². The fourth-order valence-corrected chi connectivity index (χ4v) is 2.11. The summed E-state index contributed by atoms with van der Waals surface area (Å²) in [6.45, 7) is 8.78.